The van der Waals surface area contributed by atoms with Crippen LogP contribution in [0.25, 0.3) is 0 Å². The molecule has 1 atom stereocenters. The SMILES string of the molecule is C[N+]1=C(C(/C=C/C=C2/C(=O)c3ccccc3S2(=O)=O)O[O-])C(C)(C)c2ccccc21. The van der Waals surface area contributed by atoms with Crippen LogP contribution in [0, 0.1) is 0 Å². The third-order valence-corrected chi connectivity index (χ3v) is 7.62. The summed E-state index contributed by atoms with van der Waals surface area (Å²) in [7, 11) is -2.01. The zero-order valence-corrected chi connectivity index (χ0v) is 17.6. The molecular weight excluding hydrogens is 402 g/mol. The zero-order chi connectivity index (χ0) is 21.7. The van der Waals surface area contributed by atoms with E-state index in [9.17, 15) is 18.5 Å². The van der Waals surface area contributed by atoms with E-state index in [2.05, 4.69) is 4.89 Å². The van der Waals surface area contributed by atoms with Gasteiger partial charge in [0.25, 0.3) is 0 Å². The van der Waals surface area contributed by atoms with Crippen LogP contribution in [-0.4, -0.2) is 37.6 Å². The quantitative estimate of drug-likeness (QED) is 0.326. The van der Waals surface area contributed by atoms with E-state index in [4.69, 9.17) is 0 Å². The number of ketones is 1. The van der Waals surface area contributed by atoms with Crippen LogP contribution in [0.4, 0.5) is 5.69 Å². The topological polar surface area (TPSA) is 86.5 Å². The maximum absolute atomic E-state index is 12.7. The van der Waals surface area contributed by atoms with Crippen molar-refractivity contribution in [2.75, 3.05) is 7.05 Å². The lowest BCUT2D eigenvalue weighted by molar-refractivity contribution is -0.694. The third kappa shape index (κ3) is 2.89. The molecule has 0 N–H and O–H groups in total. The molecule has 0 bridgehead atoms. The van der Waals surface area contributed by atoms with Gasteiger partial charge in [0.2, 0.25) is 21.3 Å². The maximum Gasteiger partial charge on any atom is 0.211 e. The number of benzene rings is 2. The third-order valence-electron chi connectivity index (χ3n) is 5.78. The molecule has 30 heavy (non-hydrogen) atoms. The monoisotopic (exact) mass is 423 g/mol. The van der Waals surface area contributed by atoms with E-state index in [0.29, 0.717) is 0 Å². The summed E-state index contributed by atoms with van der Waals surface area (Å²) in [5.74, 6) is -0.548. The molecule has 2 aromatic carbocycles. The molecular formula is C23H21NO5S. The molecule has 0 saturated heterocycles. The van der Waals surface area contributed by atoms with Crippen molar-refractivity contribution in [3.05, 3.63) is 82.8 Å². The van der Waals surface area contributed by atoms with Crippen molar-refractivity contribution in [2.24, 2.45) is 0 Å². The van der Waals surface area contributed by atoms with Gasteiger partial charge in [0.05, 0.1) is 10.3 Å². The molecule has 154 valence electrons. The first-order valence-electron chi connectivity index (χ1n) is 9.47. The first-order chi connectivity index (χ1) is 14.2. The van der Waals surface area contributed by atoms with Gasteiger partial charge < -0.3 is 10.1 Å². The number of carbonyl (C=O) groups excluding carboxylic acids is 1. The predicted octanol–water partition coefficient (Wildman–Crippen LogP) is 2.46. The van der Waals surface area contributed by atoms with Crippen molar-refractivity contribution in [1.29, 1.82) is 0 Å². The van der Waals surface area contributed by atoms with Gasteiger partial charge in [-0.15, -0.1) is 0 Å². The second-order valence-corrected chi connectivity index (χ2v) is 9.73. The highest BCUT2D eigenvalue weighted by molar-refractivity contribution is 7.97. The van der Waals surface area contributed by atoms with Crippen molar-refractivity contribution in [3.63, 3.8) is 0 Å². The molecule has 0 spiro atoms. The smallest absolute Gasteiger partial charge is 0.211 e. The number of carbonyl (C=O) groups is 1. The van der Waals surface area contributed by atoms with E-state index in [-0.39, 0.29) is 15.4 Å². The molecule has 2 heterocycles. The van der Waals surface area contributed by atoms with Crippen molar-refractivity contribution in [3.8, 4) is 0 Å². The Balaban J connectivity index is 1.70. The molecule has 0 fully saturated rings. The molecule has 7 heteroatoms. The van der Waals surface area contributed by atoms with Crippen molar-refractivity contribution < 1.29 is 27.9 Å². The summed E-state index contributed by atoms with van der Waals surface area (Å²) in [4.78, 5) is 16.7. The number of hydrogen-bond donors (Lipinski definition) is 0. The molecule has 0 saturated carbocycles. The van der Waals surface area contributed by atoms with E-state index in [0.717, 1.165) is 17.0 Å². The molecule has 2 aliphatic heterocycles. The van der Waals surface area contributed by atoms with E-state index >= 15 is 0 Å². The van der Waals surface area contributed by atoms with Crippen LogP contribution >= 0.6 is 0 Å². The predicted molar refractivity (Wildman–Crippen MR) is 110 cm³/mol. The Kier molecular flexibility index (Phi) is 4.85. The number of rotatable bonds is 4. The molecule has 2 aliphatic rings. The van der Waals surface area contributed by atoms with Gasteiger partial charge in [-0.25, -0.2) is 8.42 Å². The van der Waals surface area contributed by atoms with Crippen molar-refractivity contribution in [2.45, 2.75) is 30.3 Å². The van der Waals surface area contributed by atoms with Crippen LogP contribution in [0.2, 0.25) is 0 Å². The number of allylic oxidation sites excluding steroid dienone is 3. The molecule has 1 unspecified atom stereocenters. The lowest BCUT2D eigenvalue weighted by Gasteiger charge is -2.24. The minimum atomic E-state index is -3.87. The summed E-state index contributed by atoms with van der Waals surface area (Å²) < 4.78 is 27.3. The van der Waals surface area contributed by atoms with Crippen LogP contribution in [-0.2, 0) is 20.1 Å². The van der Waals surface area contributed by atoms with Gasteiger partial charge in [-0.05, 0) is 38.1 Å². The Labute approximate surface area is 175 Å². The van der Waals surface area contributed by atoms with Crippen LogP contribution in [0.15, 0.2) is 76.6 Å². The highest BCUT2D eigenvalue weighted by Crippen LogP contribution is 2.40. The summed E-state index contributed by atoms with van der Waals surface area (Å²) in [5.41, 5.74) is 2.49. The highest BCUT2D eigenvalue weighted by Gasteiger charge is 2.47. The molecule has 0 aromatic heterocycles. The summed E-state index contributed by atoms with van der Waals surface area (Å²) in [5, 5.41) is 11.6. The second kappa shape index (κ2) is 7.12. The largest absolute Gasteiger partial charge is 0.722 e. The van der Waals surface area contributed by atoms with Gasteiger partial charge in [0.1, 0.15) is 18.1 Å². The number of para-hydroxylation sites is 1. The van der Waals surface area contributed by atoms with E-state index in [1.54, 1.807) is 12.1 Å². The number of fused-ring (bicyclic) bond motifs is 2. The van der Waals surface area contributed by atoms with Crippen molar-refractivity contribution in [1.82, 2.24) is 0 Å². The average Bonchev–Trinajstić information content (AvgIpc) is 3.05. The fourth-order valence-corrected chi connectivity index (χ4v) is 5.92. The lowest BCUT2D eigenvalue weighted by Crippen LogP contribution is -2.41. The fourth-order valence-electron chi connectivity index (χ4n) is 4.37. The molecule has 2 aromatic rings. The van der Waals surface area contributed by atoms with Gasteiger partial charge in [0, 0.05) is 17.2 Å². The lowest BCUT2D eigenvalue weighted by atomic mass is 9.79. The number of nitrogens with zero attached hydrogens (tertiary/aromatic N) is 1. The Bertz CT molecular complexity index is 1250. The Hall–Kier alpha value is -2.87. The van der Waals surface area contributed by atoms with E-state index in [1.807, 2.05) is 49.7 Å². The summed E-state index contributed by atoms with van der Waals surface area (Å²) in [6.45, 7) is 4.01. The molecule has 4 rings (SSSR count). The van der Waals surface area contributed by atoms with Crippen LogP contribution in [0.3, 0.4) is 0 Å². The van der Waals surface area contributed by atoms with Crippen LogP contribution in [0.5, 0.6) is 0 Å². The van der Waals surface area contributed by atoms with E-state index in [1.165, 1.54) is 30.4 Å². The molecule has 0 aliphatic carbocycles. The second-order valence-electron chi connectivity index (χ2n) is 7.85. The Morgan fingerprint density at radius 1 is 1.10 bits per heavy atom. The zero-order valence-electron chi connectivity index (χ0n) is 16.8. The van der Waals surface area contributed by atoms with Crippen LogP contribution < -0.4 is 5.26 Å². The number of Topliss-reactive ketones (excluding diaryl/α,β-unsaturated/α-hetero) is 1. The Morgan fingerprint density at radius 3 is 2.43 bits per heavy atom. The van der Waals surface area contributed by atoms with Gasteiger partial charge in [0.15, 0.2) is 5.71 Å². The minimum absolute atomic E-state index is 0.00718. The van der Waals surface area contributed by atoms with Gasteiger partial charge in [-0.3, -0.25) is 4.79 Å². The fraction of sp³-hybridized carbons (Fsp3) is 0.217. The van der Waals surface area contributed by atoms with Crippen molar-refractivity contribution >= 4 is 27.0 Å². The Morgan fingerprint density at radius 2 is 1.77 bits per heavy atom. The maximum atomic E-state index is 12.7. The number of sulfone groups is 1. The number of hydrogen-bond acceptors (Lipinski definition) is 5. The standard InChI is InChI=1S/C23H21NO5S/c1-23(2)16-10-5-6-11-17(16)24(3)22(23)18(29-26)12-8-14-20-21(25)15-9-4-7-13-19(15)30(20,27)28/h4-14,18H,1-3H3/b12-8+,20-14-. The average molecular weight is 423 g/mol. The highest BCUT2D eigenvalue weighted by atomic mass is 32.2. The summed E-state index contributed by atoms with van der Waals surface area (Å²) in [6, 6.07) is 14.0. The first-order valence-corrected chi connectivity index (χ1v) is 11.0. The minimum Gasteiger partial charge on any atom is -0.722 e. The van der Waals surface area contributed by atoms with E-state index < -0.39 is 27.1 Å². The molecule has 0 radical (unpaired) electrons. The summed E-state index contributed by atoms with van der Waals surface area (Å²) >= 11 is 0. The first kappa shape index (κ1) is 20.4. The van der Waals surface area contributed by atoms with Gasteiger partial charge in [-0.1, -0.05) is 36.4 Å². The summed E-state index contributed by atoms with van der Waals surface area (Å²) in [6.07, 6.45) is 3.18. The normalized spacial score (nSPS) is 21.3. The van der Waals surface area contributed by atoms with Gasteiger partial charge >= 0.3 is 0 Å². The van der Waals surface area contributed by atoms with Gasteiger partial charge in [-0.2, -0.15) is 4.58 Å². The van der Waals surface area contributed by atoms with Crippen LogP contribution in [0.1, 0.15) is 29.8 Å². The molecule has 0 amide bonds. The molecule has 6 nitrogen and oxygen atoms in total.